The van der Waals surface area contributed by atoms with Crippen LogP contribution in [0.2, 0.25) is 0 Å². The second kappa shape index (κ2) is 6.60. The Morgan fingerprint density at radius 1 is 1.32 bits per heavy atom. The minimum Gasteiger partial charge on any atom is -0.397 e. The normalized spacial score (nSPS) is 17.9. The van der Waals surface area contributed by atoms with Crippen molar-refractivity contribution in [3.05, 3.63) is 24.3 Å². The molecule has 1 atom stereocenters. The van der Waals surface area contributed by atoms with Gasteiger partial charge < -0.3 is 11.1 Å². The van der Waals surface area contributed by atoms with Gasteiger partial charge in [-0.2, -0.15) is 0 Å². The molecule has 1 saturated carbocycles. The molecule has 3 nitrogen and oxygen atoms in total. The second-order valence-electron chi connectivity index (χ2n) is 5.71. The van der Waals surface area contributed by atoms with Gasteiger partial charge >= 0.3 is 0 Å². The lowest BCUT2D eigenvalue weighted by Gasteiger charge is -2.27. The lowest BCUT2D eigenvalue weighted by molar-refractivity contribution is -0.117. The first-order valence-corrected chi connectivity index (χ1v) is 7.31. The number of nitrogens with two attached hydrogens (primary N) is 1. The number of benzene rings is 1. The van der Waals surface area contributed by atoms with E-state index in [-0.39, 0.29) is 5.91 Å². The summed E-state index contributed by atoms with van der Waals surface area (Å²) in [6, 6.07) is 7.41. The Morgan fingerprint density at radius 3 is 2.68 bits per heavy atom. The lowest BCUT2D eigenvalue weighted by Crippen LogP contribution is -2.22. The number of carbonyl (C=O) groups is 1. The first-order chi connectivity index (χ1) is 9.16. The van der Waals surface area contributed by atoms with Crippen LogP contribution in [0.4, 0.5) is 11.4 Å². The van der Waals surface area contributed by atoms with Gasteiger partial charge in [-0.25, -0.2) is 0 Å². The Hall–Kier alpha value is -1.51. The number of rotatable bonds is 4. The summed E-state index contributed by atoms with van der Waals surface area (Å²) >= 11 is 0. The largest absolute Gasteiger partial charge is 0.397 e. The second-order valence-corrected chi connectivity index (χ2v) is 5.71. The minimum absolute atomic E-state index is 0.0796. The van der Waals surface area contributed by atoms with Crippen molar-refractivity contribution in [1.82, 2.24) is 0 Å². The Kier molecular flexibility index (Phi) is 4.83. The van der Waals surface area contributed by atoms with E-state index in [1.807, 2.05) is 18.2 Å². The van der Waals surface area contributed by atoms with Gasteiger partial charge in [-0.3, -0.25) is 4.79 Å². The first kappa shape index (κ1) is 13.9. The molecule has 3 N–H and O–H groups in total. The molecule has 19 heavy (non-hydrogen) atoms. The predicted octanol–water partition coefficient (Wildman–Crippen LogP) is 3.81. The molecule has 1 unspecified atom stereocenters. The third kappa shape index (κ3) is 3.98. The molecule has 0 saturated heterocycles. The number of amides is 1. The Bertz CT molecular complexity index is 425. The highest BCUT2D eigenvalue weighted by molar-refractivity contribution is 5.93. The highest BCUT2D eigenvalue weighted by Crippen LogP contribution is 2.31. The number of para-hydroxylation sites is 2. The Balaban J connectivity index is 1.85. The summed E-state index contributed by atoms with van der Waals surface area (Å²) in [6.45, 7) is 2.20. The number of carbonyl (C=O) groups excluding carboxylic acids is 1. The highest BCUT2D eigenvalue weighted by Gasteiger charge is 2.22. The van der Waals surface area contributed by atoms with Gasteiger partial charge in [0.25, 0.3) is 0 Å². The first-order valence-electron chi connectivity index (χ1n) is 7.31. The molecule has 1 aromatic rings. The third-order valence-corrected chi connectivity index (χ3v) is 4.20. The van der Waals surface area contributed by atoms with Crippen LogP contribution in [0.3, 0.4) is 0 Å². The molecular formula is C16H24N2O. The maximum absolute atomic E-state index is 12.1. The van der Waals surface area contributed by atoms with Crippen molar-refractivity contribution in [2.45, 2.75) is 45.4 Å². The molecule has 1 amide bonds. The highest BCUT2D eigenvalue weighted by atomic mass is 16.1. The molecule has 1 aliphatic carbocycles. The van der Waals surface area contributed by atoms with Crippen LogP contribution in [0, 0.1) is 11.8 Å². The summed E-state index contributed by atoms with van der Waals surface area (Å²) in [5, 5.41) is 2.92. The van der Waals surface area contributed by atoms with Crippen molar-refractivity contribution >= 4 is 17.3 Å². The fourth-order valence-electron chi connectivity index (χ4n) is 2.97. The van der Waals surface area contributed by atoms with Crippen LogP contribution in [0.1, 0.15) is 45.4 Å². The molecule has 104 valence electrons. The van der Waals surface area contributed by atoms with E-state index in [9.17, 15) is 4.79 Å². The molecule has 1 aliphatic rings. The van der Waals surface area contributed by atoms with E-state index < -0.39 is 0 Å². The van der Waals surface area contributed by atoms with Crippen LogP contribution in [0.5, 0.6) is 0 Å². The quantitative estimate of drug-likeness (QED) is 0.809. The monoisotopic (exact) mass is 260 g/mol. The Labute approximate surface area is 115 Å². The van der Waals surface area contributed by atoms with Crippen LogP contribution < -0.4 is 11.1 Å². The van der Waals surface area contributed by atoms with Crippen molar-refractivity contribution in [3.63, 3.8) is 0 Å². The van der Waals surface area contributed by atoms with Gasteiger partial charge in [-0.05, 0) is 24.0 Å². The smallest absolute Gasteiger partial charge is 0.224 e. The maximum Gasteiger partial charge on any atom is 0.224 e. The van der Waals surface area contributed by atoms with Crippen molar-refractivity contribution < 1.29 is 4.79 Å². The number of nitrogen functional groups attached to an aromatic ring is 1. The average Bonchev–Trinajstić information content (AvgIpc) is 2.42. The summed E-state index contributed by atoms with van der Waals surface area (Å²) in [5.41, 5.74) is 7.18. The van der Waals surface area contributed by atoms with Gasteiger partial charge in [0.15, 0.2) is 0 Å². The van der Waals surface area contributed by atoms with E-state index >= 15 is 0 Å². The zero-order valence-electron chi connectivity index (χ0n) is 11.7. The molecule has 0 aliphatic heterocycles. The van der Waals surface area contributed by atoms with Crippen molar-refractivity contribution in [2.24, 2.45) is 11.8 Å². The summed E-state index contributed by atoms with van der Waals surface area (Å²) in [5.74, 6) is 1.26. The molecule has 1 aromatic carbocycles. The molecule has 0 bridgehead atoms. The molecule has 1 fully saturated rings. The van der Waals surface area contributed by atoms with Gasteiger partial charge in [0.2, 0.25) is 5.91 Å². The van der Waals surface area contributed by atoms with Gasteiger partial charge in [0.1, 0.15) is 0 Å². The molecule has 0 radical (unpaired) electrons. The Morgan fingerprint density at radius 2 is 2.00 bits per heavy atom. The van der Waals surface area contributed by atoms with Crippen LogP contribution in [-0.2, 0) is 4.79 Å². The molecule has 2 rings (SSSR count). The van der Waals surface area contributed by atoms with Crippen molar-refractivity contribution in [2.75, 3.05) is 11.1 Å². The summed E-state index contributed by atoms with van der Waals surface area (Å²) < 4.78 is 0. The topological polar surface area (TPSA) is 55.1 Å². The number of nitrogens with one attached hydrogen (secondary N) is 1. The van der Waals surface area contributed by atoms with Crippen LogP contribution in [-0.4, -0.2) is 5.91 Å². The molecule has 0 heterocycles. The van der Waals surface area contributed by atoms with E-state index in [1.165, 1.54) is 32.1 Å². The fraction of sp³-hybridized carbons (Fsp3) is 0.562. The van der Waals surface area contributed by atoms with Crippen molar-refractivity contribution in [1.29, 1.82) is 0 Å². The van der Waals surface area contributed by atoms with Gasteiger partial charge in [-0.1, -0.05) is 51.2 Å². The summed E-state index contributed by atoms with van der Waals surface area (Å²) in [6.07, 6.45) is 7.16. The van der Waals surface area contributed by atoms with E-state index in [1.54, 1.807) is 6.07 Å². The number of hydrogen-bond acceptors (Lipinski definition) is 2. The standard InChI is InChI=1S/C16H24N2O/c1-12(13-7-3-2-4-8-13)11-16(19)18-15-10-6-5-9-14(15)17/h5-6,9-10,12-13H,2-4,7-8,11,17H2,1H3,(H,18,19). The van der Waals surface area contributed by atoms with Crippen LogP contribution in [0.25, 0.3) is 0 Å². The molecular weight excluding hydrogens is 236 g/mol. The SMILES string of the molecule is CC(CC(=O)Nc1ccccc1N)C1CCCCC1. The number of anilines is 2. The van der Waals surface area contributed by atoms with E-state index in [0.717, 1.165) is 5.69 Å². The van der Waals surface area contributed by atoms with Gasteiger partial charge in [0, 0.05) is 6.42 Å². The van der Waals surface area contributed by atoms with Gasteiger partial charge in [0.05, 0.1) is 11.4 Å². The molecule has 0 spiro atoms. The lowest BCUT2D eigenvalue weighted by atomic mass is 9.79. The molecule has 3 heteroatoms. The van der Waals surface area contributed by atoms with E-state index in [0.29, 0.717) is 23.9 Å². The summed E-state index contributed by atoms with van der Waals surface area (Å²) in [7, 11) is 0. The van der Waals surface area contributed by atoms with E-state index in [4.69, 9.17) is 5.73 Å². The third-order valence-electron chi connectivity index (χ3n) is 4.20. The predicted molar refractivity (Wildman–Crippen MR) is 79.8 cm³/mol. The summed E-state index contributed by atoms with van der Waals surface area (Å²) in [4.78, 5) is 12.1. The zero-order chi connectivity index (χ0) is 13.7. The van der Waals surface area contributed by atoms with Gasteiger partial charge in [-0.15, -0.1) is 0 Å². The minimum atomic E-state index is 0.0796. The van der Waals surface area contributed by atoms with Crippen LogP contribution in [0.15, 0.2) is 24.3 Å². The fourth-order valence-corrected chi connectivity index (χ4v) is 2.97. The van der Waals surface area contributed by atoms with Crippen LogP contribution >= 0.6 is 0 Å². The molecule has 0 aromatic heterocycles. The average molecular weight is 260 g/mol. The van der Waals surface area contributed by atoms with Crippen molar-refractivity contribution in [3.8, 4) is 0 Å². The maximum atomic E-state index is 12.1. The number of hydrogen-bond donors (Lipinski definition) is 2. The zero-order valence-corrected chi connectivity index (χ0v) is 11.7. The van der Waals surface area contributed by atoms with E-state index in [2.05, 4.69) is 12.2 Å².